The number of hydrogen-bond donors (Lipinski definition) is 1. The number of benzene rings is 1. The maximum absolute atomic E-state index is 12.7. The first kappa shape index (κ1) is 18.5. The van der Waals surface area contributed by atoms with Crippen LogP contribution in [0.3, 0.4) is 0 Å². The Labute approximate surface area is 165 Å². The molecule has 1 aliphatic rings. The Bertz CT molecular complexity index is 1120. The van der Waals surface area contributed by atoms with E-state index in [-0.39, 0.29) is 24.7 Å². The van der Waals surface area contributed by atoms with E-state index in [2.05, 4.69) is 5.32 Å². The molecule has 2 heterocycles. The lowest BCUT2D eigenvalue weighted by atomic mass is 10.1. The fourth-order valence-corrected chi connectivity index (χ4v) is 4.44. The highest BCUT2D eigenvalue weighted by atomic mass is 32.1. The fourth-order valence-electron chi connectivity index (χ4n) is 3.40. The predicted octanol–water partition coefficient (Wildman–Crippen LogP) is 3.09. The van der Waals surface area contributed by atoms with Crippen molar-refractivity contribution < 1.29 is 14.3 Å². The van der Waals surface area contributed by atoms with Crippen LogP contribution in [0.4, 0.5) is 5.00 Å². The van der Waals surface area contributed by atoms with Gasteiger partial charge < -0.3 is 10.1 Å². The van der Waals surface area contributed by atoms with Crippen molar-refractivity contribution in [3.63, 3.8) is 0 Å². The summed E-state index contributed by atoms with van der Waals surface area (Å²) >= 11 is 1.33. The predicted molar refractivity (Wildman–Crippen MR) is 108 cm³/mol. The van der Waals surface area contributed by atoms with Crippen LogP contribution in [0.5, 0.6) is 0 Å². The Morgan fingerprint density at radius 3 is 2.64 bits per heavy atom. The summed E-state index contributed by atoms with van der Waals surface area (Å²) in [5.41, 5.74) is 2.60. The van der Waals surface area contributed by atoms with Crippen molar-refractivity contribution in [3.8, 4) is 0 Å². The minimum atomic E-state index is -0.414. The van der Waals surface area contributed by atoms with Gasteiger partial charge in [-0.05, 0) is 48.8 Å². The lowest BCUT2D eigenvalue weighted by Gasteiger charge is -2.09. The number of aryl methyl sites for hydroxylation is 1. The van der Waals surface area contributed by atoms with E-state index in [9.17, 15) is 14.4 Å². The molecule has 1 fully saturated rings. The second-order valence-corrected chi connectivity index (χ2v) is 7.73. The molecule has 1 aliphatic carbocycles. The zero-order chi connectivity index (χ0) is 19.8. The van der Waals surface area contributed by atoms with Gasteiger partial charge in [0.15, 0.2) is 0 Å². The van der Waals surface area contributed by atoms with Crippen molar-refractivity contribution >= 4 is 39.2 Å². The number of hydrogen-bond acceptors (Lipinski definition) is 5. The van der Waals surface area contributed by atoms with E-state index in [1.54, 1.807) is 14.0 Å². The van der Waals surface area contributed by atoms with Crippen LogP contribution in [-0.4, -0.2) is 27.6 Å². The monoisotopic (exact) mass is 399 g/mol. The number of para-hydroxylation sites is 2. The number of imidazole rings is 1. The van der Waals surface area contributed by atoms with Gasteiger partial charge in [0.25, 0.3) is 0 Å². The van der Waals surface area contributed by atoms with Gasteiger partial charge in [-0.2, -0.15) is 0 Å². The fraction of sp³-hybridized carbons (Fsp3) is 0.350. The molecule has 0 bridgehead atoms. The largest absolute Gasteiger partial charge is 0.462 e. The van der Waals surface area contributed by atoms with Gasteiger partial charge in [0.2, 0.25) is 5.91 Å². The number of nitrogens with zero attached hydrogens (tertiary/aromatic N) is 2. The van der Waals surface area contributed by atoms with Gasteiger partial charge in [-0.1, -0.05) is 12.1 Å². The van der Waals surface area contributed by atoms with E-state index in [1.807, 2.05) is 29.6 Å². The Hall–Kier alpha value is -2.87. The number of aromatic nitrogens is 2. The van der Waals surface area contributed by atoms with Crippen LogP contribution in [0, 0.1) is 0 Å². The van der Waals surface area contributed by atoms with Crippen molar-refractivity contribution in [1.82, 2.24) is 9.13 Å². The zero-order valence-corrected chi connectivity index (χ0v) is 16.5. The first-order chi connectivity index (χ1) is 13.5. The van der Waals surface area contributed by atoms with E-state index in [4.69, 9.17) is 4.74 Å². The average Bonchev–Trinajstić information content (AvgIpc) is 3.41. The van der Waals surface area contributed by atoms with Crippen LogP contribution < -0.4 is 11.0 Å². The zero-order valence-electron chi connectivity index (χ0n) is 15.7. The molecule has 1 saturated carbocycles. The van der Waals surface area contributed by atoms with Gasteiger partial charge >= 0.3 is 11.7 Å². The van der Waals surface area contributed by atoms with Crippen LogP contribution in [0.25, 0.3) is 11.0 Å². The highest BCUT2D eigenvalue weighted by molar-refractivity contribution is 7.15. The summed E-state index contributed by atoms with van der Waals surface area (Å²) in [6.07, 6.45) is 2.09. The summed E-state index contributed by atoms with van der Waals surface area (Å²) in [7, 11) is 1.68. The molecule has 0 aliphatic heterocycles. The van der Waals surface area contributed by atoms with E-state index in [0.29, 0.717) is 22.0 Å². The quantitative estimate of drug-likeness (QED) is 0.646. The SMILES string of the molecule is CCOC(=O)c1c(C2CC2)csc1NC(=O)Cn1c(=O)n(C)c2ccccc21. The maximum atomic E-state index is 12.7. The lowest BCUT2D eigenvalue weighted by molar-refractivity contribution is -0.116. The molecule has 28 heavy (non-hydrogen) atoms. The molecular formula is C20H21N3O4S. The van der Waals surface area contributed by atoms with Crippen molar-refractivity contribution in [2.75, 3.05) is 11.9 Å². The van der Waals surface area contributed by atoms with Crippen molar-refractivity contribution in [2.45, 2.75) is 32.2 Å². The molecule has 7 nitrogen and oxygen atoms in total. The Balaban J connectivity index is 1.61. The number of esters is 1. The Morgan fingerprint density at radius 1 is 1.25 bits per heavy atom. The minimum absolute atomic E-state index is 0.126. The molecule has 2 aromatic heterocycles. The highest BCUT2D eigenvalue weighted by Crippen LogP contribution is 2.46. The van der Waals surface area contributed by atoms with E-state index >= 15 is 0 Å². The van der Waals surface area contributed by atoms with Crippen molar-refractivity contribution in [3.05, 3.63) is 51.3 Å². The molecule has 0 unspecified atom stereocenters. The van der Waals surface area contributed by atoms with Gasteiger partial charge in [-0.25, -0.2) is 9.59 Å². The van der Waals surface area contributed by atoms with Crippen LogP contribution >= 0.6 is 11.3 Å². The molecule has 146 valence electrons. The Morgan fingerprint density at radius 2 is 1.96 bits per heavy atom. The second-order valence-electron chi connectivity index (χ2n) is 6.85. The molecule has 1 N–H and O–H groups in total. The summed E-state index contributed by atoms with van der Waals surface area (Å²) in [6.45, 7) is 1.91. The van der Waals surface area contributed by atoms with Crippen LogP contribution in [0.2, 0.25) is 0 Å². The van der Waals surface area contributed by atoms with Crippen LogP contribution in [0.15, 0.2) is 34.4 Å². The van der Waals surface area contributed by atoms with E-state index in [1.165, 1.54) is 20.5 Å². The molecule has 0 saturated heterocycles. The summed E-state index contributed by atoms with van der Waals surface area (Å²) in [5.74, 6) is -0.404. The number of amides is 1. The minimum Gasteiger partial charge on any atom is -0.462 e. The molecule has 4 rings (SSSR count). The number of ether oxygens (including phenoxy) is 1. The average molecular weight is 399 g/mol. The number of nitrogens with one attached hydrogen (secondary N) is 1. The standard InChI is InChI=1S/C20H21N3O4S/c1-3-27-19(25)17-13(12-8-9-12)11-28-18(17)21-16(24)10-23-15-7-5-4-6-14(15)22(2)20(23)26/h4-7,11-12H,3,8-10H2,1-2H3,(H,21,24). The summed E-state index contributed by atoms with van der Waals surface area (Å²) < 4.78 is 8.13. The van der Waals surface area contributed by atoms with Gasteiger partial charge in [0, 0.05) is 7.05 Å². The van der Waals surface area contributed by atoms with Gasteiger partial charge in [-0.15, -0.1) is 11.3 Å². The molecule has 0 atom stereocenters. The molecular weight excluding hydrogens is 378 g/mol. The maximum Gasteiger partial charge on any atom is 0.341 e. The highest BCUT2D eigenvalue weighted by Gasteiger charge is 2.32. The second kappa shape index (κ2) is 7.27. The first-order valence-electron chi connectivity index (χ1n) is 9.23. The number of anilines is 1. The number of thiophene rings is 1. The molecule has 1 amide bonds. The summed E-state index contributed by atoms with van der Waals surface area (Å²) in [4.78, 5) is 37.6. The summed E-state index contributed by atoms with van der Waals surface area (Å²) in [5, 5.41) is 5.22. The third-order valence-electron chi connectivity index (χ3n) is 4.92. The van der Waals surface area contributed by atoms with Crippen LogP contribution in [-0.2, 0) is 23.1 Å². The van der Waals surface area contributed by atoms with E-state index in [0.717, 1.165) is 23.9 Å². The number of carbonyl (C=O) groups excluding carboxylic acids is 2. The number of carbonyl (C=O) groups is 2. The van der Waals surface area contributed by atoms with Crippen molar-refractivity contribution in [2.24, 2.45) is 7.05 Å². The number of rotatable bonds is 6. The lowest BCUT2D eigenvalue weighted by Crippen LogP contribution is -2.28. The van der Waals surface area contributed by atoms with Crippen LogP contribution in [0.1, 0.15) is 41.6 Å². The third-order valence-corrected chi connectivity index (χ3v) is 5.84. The molecule has 0 spiro atoms. The molecule has 3 aromatic rings. The third kappa shape index (κ3) is 3.24. The first-order valence-corrected chi connectivity index (χ1v) is 10.1. The Kier molecular flexibility index (Phi) is 4.80. The number of fused-ring (bicyclic) bond motifs is 1. The van der Waals surface area contributed by atoms with Gasteiger partial charge in [-0.3, -0.25) is 13.9 Å². The normalized spacial score (nSPS) is 13.6. The van der Waals surface area contributed by atoms with Gasteiger partial charge in [0.1, 0.15) is 11.5 Å². The smallest absolute Gasteiger partial charge is 0.341 e. The topological polar surface area (TPSA) is 82.3 Å². The van der Waals surface area contributed by atoms with E-state index < -0.39 is 5.97 Å². The van der Waals surface area contributed by atoms with Gasteiger partial charge in [0.05, 0.1) is 23.2 Å². The van der Waals surface area contributed by atoms with Crippen molar-refractivity contribution in [1.29, 1.82) is 0 Å². The molecule has 1 aromatic carbocycles. The molecule has 0 radical (unpaired) electrons. The summed E-state index contributed by atoms with van der Waals surface area (Å²) in [6, 6.07) is 7.33. The molecule has 8 heteroatoms.